The van der Waals surface area contributed by atoms with Gasteiger partial charge in [0, 0.05) is 19.3 Å². The third-order valence-corrected chi connectivity index (χ3v) is 15.4. The summed E-state index contributed by atoms with van der Waals surface area (Å²) in [4.78, 5) is 51.4. The zero-order valence-corrected chi connectivity index (χ0v) is 52.0. The first-order chi connectivity index (χ1) is 39.6. The first-order valence-electron chi connectivity index (χ1n) is 33.6. The third kappa shape index (κ3) is 46.7. The first-order valence-corrected chi connectivity index (χ1v) is 33.6. The molecule has 1 fully saturated rings. The average Bonchev–Trinajstić information content (AvgIpc) is 3.54. The third-order valence-electron chi connectivity index (χ3n) is 15.4. The predicted molar refractivity (Wildman–Crippen MR) is 331 cm³/mol. The van der Waals surface area contributed by atoms with Crippen molar-refractivity contribution in [1.82, 2.24) is 0 Å². The molecule has 6 atom stereocenters. The summed E-state index contributed by atoms with van der Waals surface area (Å²) in [6.07, 6.45) is 57.7. The second-order valence-corrected chi connectivity index (χ2v) is 23.1. The fourth-order valence-corrected chi connectivity index (χ4v) is 10.2. The monoisotopic (exact) mass is 1140 g/mol. The zero-order chi connectivity index (χ0) is 58.9. The summed E-state index contributed by atoms with van der Waals surface area (Å²) in [5.41, 5.74) is 0. The Morgan fingerprint density at radius 1 is 0.407 bits per heavy atom. The molecule has 0 aromatic rings. The minimum absolute atomic E-state index is 0.0477. The summed E-state index contributed by atoms with van der Waals surface area (Å²) < 4.78 is 28.6. The van der Waals surface area contributed by atoms with Crippen LogP contribution in [0.25, 0.3) is 0 Å². The van der Waals surface area contributed by atoms with E-state index in [2.05, 4.69) is 69.4 Å². The van der Waals surface area contributed by atoms with Crippen molar-refractivity contribution < 1.29 is 58.2 Å². The van der Waals surface area contributed by atoms with E-state index in [0.29, 0.717) is 19.3 Å². The quantitative estimate of drug-likeness (QED) is 0.0228. The molecular weight excluding hydrogens is 1020 g/mol. The normalized spacial score (nSPS) is 18.0. The van der Waals surface area contributed by atoms with E-state index in [9.17, 15) is 34.5 Å². The number of unbranched alkanes of at least 4 members (excludes halogenated alkanes) is 36. The Labute approximate surface area is 494 Å². The van der Waals surface area contributed by atoms with Gasteiger partial charge in [0.25, 0.3) is 0 Å². The van der Waals surface area contributed by atoms with Crippen LogP contribution in [0.3, 0.4) is 0 Å². The molecule has 0 saturated carbocycles. The van der Waals surface area contributed by atoms with Gasteiger partial charge in [0.05, 0.1) is 6.61 Å². The van der Waals surface area contributed by atoms with Gasteiger partial charge in [-0.1, -0.05) is 262 Å². The second-order valence-electron chi connectivity index (χ2n) is 23.1. The number of hydrogen-bond donors (Lipinski definition) is 3. The molecule has 81 heavy (non-hydrogen) atoms. The summed E-state index contributed by atoms with van der Waals surface area (Å²) in [6.45, 7) is 6.01. The first kappa shape index (κ1) is 75.7. The van der Waals surface area contributed by atoms with Crippen molar-refractivity contribution in [3.8, 4) is 0 Å². The van der Waals surface area contributed by atoms with E-state index in [4.69, 9.17) is 23.7 Å². The Hall–Kier alpha value is -3.32. The molecule has 0 aliphatic carbocycles. The summed E-state index contributed by atoms with van der Waals surface area (Å²) in [6, 6.07) is 0. The Balaban J connectivity index is 2.65. The van der Waals surface area contributed by atoms with Gasteiger partial charge in [-0.25, -0.2) is 4.79 Å². The van der Waals surface area contributed by atoms with Gasteiger partial charge in [0.2, 0.25) is 0 Å². The van der Waals surface area contributed by atoms with Gasteiger partial charge in [-0.05, 0) is 83.5 Å². The van der Waals surface area contributed by atoms with Crippen molar-refractivity contribution in [3.63, 3.8) is 0 Å². The van der Waals surface area contributed by atoms with E-state index in [1.165, 1.54) is 161 Å². The molecule has 0 spiro atoms. The van der Waals surface area contributed by atoms with E-state index in [-0.39, 0.29) is 25.9 Å². The SMILES string of the molecule is CCCCC/C=C\C/C=C\C/C=C\CCCCCCCCC(=O)OC1C(OCC(COC(=O)CCCCCCCCC/C=C\CCCCCCCC)OC(=O)CCCCCCCCCCCCCCCCC)OC(C(=O)O)C(O)C1O. The smallest absolute Gasteiger partial charge is 0.335 e. The van der Waals surface area contributed by atoms with Crippen molar-refractivity contribution in [2.75, 3.05) is 13.2 Å². The van der Waals surface area contributed by atoms with Crippen LogP contribution >= 0.6 is 0 Å². The van der Waals surface area contributed by atoms with Crippen LogP contribution in [0.5, 0.6) is 0 Å². The van der Waals surface area contributed by atoms with Gasteiger partial charge in [0.1, 0.15) is 18.8 Å². The average molecular weight is 1140 g/mol. The molecular formula is C69H122O12. The van der Waals surface area contributed by atoms with Crippen LogP contribution in [0.4, 0.5) is 0 Å². The number of carboxylic acids is 1. The van der Waals surface area contributed by atoms with Crippen molar-refractivity contribution in [2.24, 2.45) is 0 Å². The Morgan fingerprint density at radius 3 is 1.16 bits per heavy atom. The summed E-state index contributed by atoms with van der Waals surface area (Å²) in [5.74, 6) is -3.11. The standard InChI is InChI=1S/C69H122O12/c1-4-7-10-13-16-19-22-25-28-30-31-33-36-39-42-45-48-51-54-57-63(72)80-67-65(74)64(73)66(68(75)76)81-69(67)78-59-60(79-62(71)56-53-50-47-44-41-38-34-27-24-21-18-15-12-9-6-3)58-77-61(70)55-52-49-46-43-40-37-35-32-29-26-23-20-17-14-11-8-5-2/h16,19,25-26,28-29,31,33,60,64-67,69,73-74H,4-15,17-18,20-24,27,30,32,34-59H2,1-3H3,(H,75,76)/b19-16-,28-25-,29-26-,33-31-. The molecule has 1 saturated heterocycles. The van der Waals surface area contributed by atoms with E-state index >= 15 is 0 Å². The second kappa shape index (κ2) is 57.1. The fraction of sp³-hybridized carbons (Fsp3) is 0.826. The molecule has 12 nitrogen and oxygen atoms in total. The molecule has 6 unspecified atom stereocenters. The van der Waals surface area contributed by atoms with Crippen LogP contribution < -0.4 is 0 Å². The summed E-state index contributed by atoms with van der Waals surface area (Å²) >= 11 is 0. The number of aliphatic hydroxyl groups excluding tert-OH is 2. The number of aliphatic carboxylic acids is 1. The Kier molecular flexibility index (Phi) is 53.4. The summed E-state index contributed by atoms with van der Waals surface area (Å²) in [5, 5.41) is 31.6. The Morgan fingerprint density at radius 2 is 0.741 bits per heavy atom. The molecule has 1 rings (SSSR count). The van der Waals surface area contributed by atoms with Crippen molar-refractivity contribution in [2.45, 2.75) is 353 Å². The molecule has 0 aromatic heterocycles. The number of allylic oxidation sites excluding steroid dienone is 8. The van der Waals surface area contributed by atoms with E-state index < -0.39 is 67.3 Å². The van der Waals surface area contributed by atoms with Gasteiger partial charge >= 0.3 is 23.9 Å². The van der Waals surface area contributed by atoms with E-state index in [1.54, 1.807) is 0 Å². The highest BCUT2D eigenvalue weighted by Crippen LogP contribution is 2.27. The molecule has 0 radical (unpaired) electrons. The van der Waals surface area contributed by atoms with Gasteiger partial charge in [-0.3, -0.25) is 14.4 Å². The predicted octanol–water partition coefficient (Wildman–Crippen LogP) is 18.1. The van der Waals surface area contributed by atoms with Gasteiger partial charge in [-0.15, -0.1) is 0 Å². The number of carboxylic acid groups (broad SMARTS) is 1. The Bertz CT molecular complexity index is 1590. The number of hydrogen-bond acceptors (Lipinski definition) is 11. The number of aliphatic hydroxyl groups is 2. The molecule has 1 aliphatic heterocycles. The lowest BCUT2D eigenvalue weighted by Crippen LogP contribution is -2.61. The number of ether oxygens (including phenoxy) is 5. The highest BCUT2D eigenvalue weighted by molar-refractivity contribution is 5.74. The molecule has 0 amide bonds. The summed E-state index contributed by atoms with van der Waals surface area (Å²) in [7, 11) is 0. The maximum atomic E-state index is 13.2. The molecule has 3 N–H and O–H groups in total. The highest BCUT2D eigenvalue weighted by Gasteiger charge is 2.50. The number of carbonyl (C=O) groups excluding carboxylic acids is 3. The van der Waals surface area contributed by atoms with Gasteiger partial charge < -0.3 is 39.0 Å². The fourth-order valence-electron chi connectivity index (χ4n) is 10.2. The topological polar surface area (TPSA) is 175 Å². The van der Waals surface area contributed by atoms with Crippen LogP contribution in [0.2, 0.25) is 0 Å². The van der Waals surface area contributed by atoms with Crippen molar-refractivity contribution >= 4 is 23.9 Å². The maximum absolute atomic E-state index is 13.2. The maximum Gasteiger partial charge on any atom is 0.335 e. The van der Waals surface area contributed by atoms with Crippen LogP contribution in [-0.4, -0.2) is 89.2 Å². The molecule has 1 heterocycles. The van der Waals surface area contributed by atoms with E-state index in [1.807, 2.05) is 0 Å². The van der Waals surface area contributed by atoms with Crippen LogP contribution in [-0.2, 0) is 42.9 Å². The lowest BCUT2D eigenvalue weighted by molar-refractivity contribution is -0.301. The minimum atomic E-state index is -1.91. The molecule has 0 aromatic carbocycles. The van der Waals surface area contributed by atoms with E-state index in [0.717, 1.165) is 96.3 Å². The number of rotatable bonds is 58. The molecule has 12 heteroatoms. The lowest BCUT2D eigenvalue weighted by Gasteiger charge is -2.40. The number of esters is 3. The van der Waals surface area contributed by atoms with Crippen molar-refractivity contribution in [3.05, 3.63) is 48.6 Å². The molecule has 0 bridgehead atoms. The van der Waals surface area contributed by atoms with Crippen LogP contribution in [0, 0.1) is 0 Å². The largest absolute Gasteiger partial charge is 0.479 e. The molecule has 470 valence electrons. The minimum Gasteiger partial charge on any atom is -0.479 e. The zero-order valence-electron chi connectivity index (χ0n) is 52.0. The van der Waals surface area contributed by atoms with Crippen LogP contribution in [0.15, 0.2) is 48.6 Å². The molecule has 1 aliphatic rings. The number of carbonyl (C=O) groups is 4. The van der Waals surface area contributed by atoms with Gasteiger partial charge in [-0.2, -0.15) is 0 Å². The lowest BCUT2D eigenvalue weighted by atomic mass is 9.98. The van der Waals surface area contributed by atoms with Gasteiger partial charge in [0.15, 0.2) is 24.6 Å². The van der Waals surface area contributed by atoms with Crippen molar-refractivity contribution in [1.29, 1.82) is 0 Å². The van der Waals surface area contributed by atoms with Crippen LogP contribution in [0.1, 0.15) is 316 Å². The highest BCUT2D eigenvalue weighted by atomic mass is 16.7.